The van der Waals surface area contributed by atoms with E-state index in [-0.39, 0.29) is 60.7 Å². The van der Waals surface area contributed by atoms with Gasteiger partial charge < -0.3 is 30.6 Å². The molecule has 43 heavy (non-hydrogen) atoms. The second-order valence-corrected chi connectivity index (χ2v) is 9.10. The van der Waals surface area contributed by atoms with Crippen molar-refractivity contribution in [3.05, 3.63) is 146 Å². The molecule has 7 heteroatoms. The Kier molecular flexibility index (Phi) is 12.0. The van der Waals surface area contributed by atoms with Gasteiger partial charge in [-0.25, -0.2) is 0 Å². The maximum absolute atomic E-state index is 9.58. The van der Waals surface area contributed by atoms with Crippen LogP contribution in [0.15, 0.2) is 146 Å². The van der Waals surface area contributed by atoms with Gasteiger partial charge in [-0.2, -0.15) is 0 Å². The largest absolute Gasteiger partial charge is 0.507 e. The summed E-state index contributed by atoms with van der Waals surface area (Å²) in [5, 5.41) is 57.5. The van der Waals surface area contributed by atoms with Crippen LogP contribution in [0.25, 0.3) is 33.4 Å². The van der Waals surface area contributed by atoms with Crippen LogP contribution < -0.4 is 0 Å². The van der Waals surface area contributed by atoms with E-state index in [1.807, 2.05) is 36.4 Å². The molecular formula is C36H30O6Zr. The third-order valence-corrected chi connectivity index (χ3v) is 6.29. The molecular weight excluding hydrogens is 620 g/mol. The minimum absolute atomic E-state index is 0. The summed E-state index contributed by atoms with van der Waals surface area (Å²) in [5.41, 5.74) is 3.86. The van der Waals surface area contributed by atoms with Gasteiger partial charge in [-0.1, -0.05) is 109 Å². The first kappa shape index (κ1) is 32.5. The molecule has 0 unspecified atom stereocenters. The molecule has 6 rings (SSSR count). The van der Waals surface area contributed by atoms with Gasteiger partial charge >= 0.3 is 0 Å². The Bertz CT molecular complexity index is 1430. The monoisotopic (exact) mass is 648 g/mol. The molecule has 0 saturated carbocycles. The molecule has 6 aromatic rings. The van der Waals surface area contributed by atoms with Crippen molar-refractivity contribution in [2.24, 2.45) is 0 Å². The smallest absolute Gasteiger partial charge is 0.123 e. The van der Waals surface area contributed by atoms with Gasteiger partial charge in [0.25, 0.3) is 0 Å². The second kappa shape index (κ2) is 15.9. The summed E-state index contributed by atoms with van der Waals surface area (Å²) in [6.45, 7) is 0. The summed E-state index contributed by atoms with van der Waals surface area (Å²) in [4.78, 5) is 0. The first-order valence-electron chi connectivity index (χ1n) is 13.1. The van der Waals surface area contributed by atoms with Gasteiger partial charge in [0, 0.05) is 59.6 Å². The van der Waals surface area contributed by atoms with Gasteiger partial charge in [-0.05, 0) is 36.4 Å². The van der Waals surface area contributed by atoms with Gasteiger partial charge in [0.1, 0.15) is 34.5 Å². The number of para-hydroxylation sites is 6. The van der Waals surface area contributed by atoms with Crippen molar-refractivity contribution in [2.45, 2.75) is 0 Å². The van der Waals surface area contributed by atoms with Crippen LogP contribution in [-0.2, 0) is 26.2 Å². The quantitative estimate of drug-likeness (QED) is 0.115. The van der Waals surface area contributed by atoms with Crippen LogP contribution in [0.1, 0.15) is 0 Å². The molecule has 0 spiro atoms. The molecule has 0 heterocycles. The van der Waals surface area contributed by atoms with Gasteiger partial charge in [0.2, 0.25) is 0 Å². The molecule has 0 aromatic heterocycles. The van der Waals surface area contributed by atoms with E-state index in [1.54, 1.807) is 109 Å². The fraction of sp³-hybridized carbons (Fsp3) is 0. The summed E-state index contributed by atoms with van der Waals surface area (Å²) in [7, 11) is 0. The Morgan fingerprint density at radius 3 is 0.442 bits per heavy atom. The third-order valence-electron chi connectivity index (χ3n) is 6.29. The average molecular weight is 650 g/mol. The zero-order chi connectivity index (χ0) is 29.9. The summed E-state index contributed by atoms with van der Waals surface area (Å²) in [5.74, 6) is 1.05. The minimum atomic E-state index is 0. The Balaban J connectivity index is 0.000000175. The SMILES string of the molecule is Oc1ccccc1-c1ccccc1O.Oc1ccccc1-c1ccccc1O.Oc1ccccc1-c1ccccc1O.[Zr]. The van der Waals surface area contributed by atoms with E-state index >= 15 is 0 Å². The second-order valence-electron chi connectivity index (χ2n) is 9.10. The van der Waals surface area contributed by atoms with Crippen LogP contribution in [0.2, 0.25) is 0 Å². The van der Waals surface area contributed by atoms with Crippen LogP contribution in [-0.4, -0.2) is 30.6 Å². The molecule has 0 bridgehead atoms. The third kappa shape index (κ3) is 8.51. The van der Waals surface area contributed by atoms with Gasteiger partial charge in [0.15, 0.2) is 0 Å². The first-order chi connectivity index (χ1) is 20.4. The molecule has 0 radical (unpaired) electrons. The summed E-state index contributed by atoms with van der Waals surface area (Å²) < 4.78 is 0. The predicted octanol–water partition coefficient (Wildman–Crippen LogP) is 8.29. The molecule has 6 N–H and O–H groups in total. The van der Waals surface area contributed by atoms with E-state index in [4.69, 9.17) is 0 Å². The maximum atomic E-state index is 9.58. The molecule has 6 aromatic carbocycles. The van der Waals surface area contributed by atoms with Crippen LogP contribution >= 0.6 is 0 Å². The molecule has 214 valence electrons. The number of rotatable bonds is 3. The standard InChI is InChI=1S/3C12H10O2.Zr/c3*13-11-7-3-1-5-9(11)10-6-2-4-8-12(10)14;/h3*1-8,13-14H;. The first-order valence-corrected chi connectivity index (χ1v) is 13.1. The van der Waals surface area contributed by atoms with E-state index in [1.165, 1.54) is 0 Å². The van der Waals surface area contributed by atoms with E-state index < -0.39 is 0 Å². The van der Waals surface area contributed by atoms with E-state index in [0.717, 1.165) is 0 Å². The fourth-order valence-electron chi connectivity index (χ4n) is 4.21. The molecule has 0 saturated heterocycles. The zero-order valence-electron chi connectivity index (χ0n) is 23.0. The van der Waals surface area contributed by atoms with E-state index in [9.17, 15) is 30.6 Å². The topological polar surface area (TPSA) is 121 Å². The number of phenolic OH excluding ortho intramolecular Hbond substituents is 6. The van der Waals surface area contributed by atoms with Crippen molar-refractivity contribution in [3.8, 4) is 67.9 Å². The molecule has 0 fully saturated rings. The summed E-state index contributed by atoms with van der Waals surface area (Å²) in [6.07, 6.45) is 0. The van der Waals surface area contributed by atoms with Crippen molar-refractivity contribution in [1.82, 2.24) is 0 Å². The van der Waals surface area contributed by atoms with Crippen molar-refractivity contribution in [2.75, 3.05) is 0 Å². The molecule has 0 atom stereocenters. The van der Waals surface area contributed by atoms with Crippen LogP contribution in [0.3, 0.4) is 0 Å². The Labute approximate surface area is 269 Å². The van der Waals surface area contributed by atoms with E-state index in [2.05, 4.69) is 0 Å². The summed E-state index contributed by atoms with van der Waals surface area (Å²) in [6, 6.07) is 41.6. The maximum Gasteiger partial charge on any atom is 0.123 e. The Morgan fingerprint density at radius 2 is 0.326 bits per heavy atom. The van der Waals surface area contributed by atoms with Gasteiger partial charge in [-0.3, -0.25) is 0 Å². The van der Waals surface area contributed by atoms with Gasteiger partial charge in [-0.15, -0.1) is 0 Å². The Morgan fingerprint density at radius 1 is 0.209 bits per heavy atom. The number of hydrogen-bond acceptors (Lipinski definition) is 6. The summed E-state index contributed by atoms with van der Waals surface area (Å²) >= 11 is 0. The number of hydrogen-bond donors (Lipinski definition) is 6. The number of phenols is 6. The molecule has 6 nitrogen and oxygen atoms in total. The van der Waals surface area contributed by atoms with Crippen LogP contribution in [0.4, 0.5) is 0 Å². The van der Waals surface area contributed by atoms with Crippen LogP contribution in [0, 0.1) is 0 Å². The van der Waals surface area contributed by atoms with Crippen molar-refractivity contribution in [1.29, 1.82) is 0 Å². The van der Waals surface area contributed by atoms with Crippen molar-refractivity contribution >= 4 is 0 Å². The minimum Gasteiger partial charge on any atom is -0.507 e. The molecule has 0 aliphatic heterocycles. The number of aromatic hydroxyl groups is 6. The van der Waals surface area contributed by atoms with Crippen molar-refractivity contribution in [3.63, 3.8) is 0 Å². The molecule has 0 aliphatic rings. The Hall–Kier alpha value is -5.00. The van der Waals surface area contributed by atoms with Gasteiger partial charge in [0.05, 0.1) is 0 Å². The van der Waals surface area contributed by atoms with Crippen molar-refractivity contribution < 1.29 is 56.8 Å². The molecule has 0 aliphatic carbocycles. The fourth-order valence-corrected chi connectivity index (χ4v) is 4.21. The zero-order valence-corrected chi connectivity index (χ0v) is 25.5. The predicted molar refractivity (Wildman–Crippen MR) is 166 cm³/mol. The number of benzene rings is 6. The normalized spacial score (nSPS) is 9.77. The average Bonchev–Trinajstić information content (AvgIpc) is 3.00. The molecule has 0 amide bonds. The van der Waals surface area contributed by atoms with Crippen LogP contribution in [0.5, 0.6) is 34.5 Å². The van der Waals surface area contributed by atoms with E-state index in [0.29, 0.717) is 33.4 Å².